The van der Waals surface area contributed by atoms with Crippen LogP contribution in [0.25, 0.3) is 0 Å². The van der Waals surface area contributed by atoms with Gasteiger partial charge >= 0.3 is 0 Å². The zero-order chi connectivity index (χ0) is 15.2. The molecule has 0 fully saturated rings. The van der Waals surface area contributed by atoms with Crippen molar-refractivity contribution >= 4 is 39.1 Å². The van der Waals surface area contributed by atoms with E-state index in [9.17, 15) is 4.79 Å². The van der Waals surface area contributed by atoms with E-state index in [1.165, 1.54) is 0 Å². The van der Waals surface area contributed by atoms with Crippen molar-refractivity contribution in [3.05, 3.63) is 63.6 Å². The molecule has 110 valence electrons. The number of carbonyl (C=O) groups excluding carboxylic acids is 1. The molecule has 0 aliphatic rings. The van der Waals surface area contributed by atoms with E-state index in [4.69, 9.17) is 11.6 Å². The van der Waals surface area contributed by atoms with Gasteiger partial charge < -0.3 is 10.6 Å². The van der Waals surface area contributed by atoms with Crippen LogP contribution in [-0.2, 0) is 4.79 Å². The summed E-state index contributed by atoms with van der Waals surface area (Å²) >= 11 is 9.52. The fourth-order valence-corrected chi connectivity index (χ4v) is 2.75. The Morgan fingerprint density at radius 1 is 1.19 bits per heavy atom. The van der Waals surface area contributed by atoms with Crippen LogP contribution in [0.15, 0.2) is 53.0 Å². The maximum absolute atomic E-state index is 11.9. The highest BCUT2D eigenvalue weighted by molar-refractivity contribution is 9.10. The minimum absolute atomic E-state index is 0.0672. The van der Waals surface area contributed by atoms with E-state index >= 15 is 0 Å². The Kier molecular flexibility index (Phi) is 5.79. The van der Waals surface area contributed by atoms with Crippen molar-refractivity contribution < 1.29 is 4.79 Å². The number of para-hydroxylation sites is 1. The first-order chi connectivity index (χ1) is 10.1. The Balaban J connectivity index is 1.90. The zero-order valence-electron chi connectivity index (χ0n) is 11.6. The van der Waals surface area contributed by atoms with Crippen molar-refractivity contribution in [2.45, 2.75) is 13.0 Å². The first-order valence-electron chi connectivity index (χ1n) is 6.60. The van der Waals surface area contributed by atoms with Crippen LogP contribution in [0, 0.1) is 0 Å². The van der Waals surface area contributed by atoms with E-state index in [1.807, 2.05) is 43.3 Å². The lowest BCUT2D eigenvalue weighted by molar-refractivity contribution is -0.115. The molecule has 0 aliphatic carbocycles. The molecule has 1 amide bonds. The van der Waals surface area contributed by atoms with Crippen molar-refractivity contribution in [1.82, 2.24) is 5.32 Å². The SMILES string of the molecule is C[C@H](NCC(=O)Nc1ccccc1Cl)c1ccccc1Br. The summed E-state index contributed by atoms with van der Waals surface area (Å²) in [6.07, 6.45) is 0. The van der Waals surface area contributed by atoms with Gasteiger partial charge in [-0.15, -0.1) is 0 Å². The van der Waals surface area contributed by atoms with Gasteiger partial charge in [0.05, 0.1) is 17.3 Å². The van der Waals surface area contributed by atoms with Crippen molar-refractivity contribution in [3.8, 4) is 0 Å². The van der Waals surface area contributed by atoms with E-state index in [0.717, 1.165) is 10.0 Å². The second-order valence-electron chi connectivity index (χ2n) is 4.65. The number of anilines is 1. The number of benzene rings is 2. The number of rotatable bonds is 5. The number of hydrogen-bond donors (Lipinski definition) is 2. The number of hydrogen-bond acceptors (Lipinski definition) is 2. The van der Waals surface area contributed by atoms with Gasteiger partial charge in [-0.25, -0.2) is 0 Å². The summed E-state index contributed by atoms with van der Waals surface area (Å²) in [5, 5.41) is 6.51. The van der Waals surface area contributed by atoms with Gasteiger partial charge in [0, 0.05) is 10.5 Å². The lowest BCUT2D eigenvalue weighted by Crippen LogP contribution is -2.30. The third-order valence-corrected chi connectivity index (χ3v) is 4.14. The van der Waals surface area contributed by atoms with Crippen molar-refractivity contribution in [2.75, 3.05) is 11.9 Å². The molecule has 2 aromatic carbocycles. The predicted molar refractivity (Wildman–Crippen MR) is 90.6 cm³/mol. The van der Waals surface area contributed by atoms with Crippen LogP contribution in [0.4, 0.5) is 5.69 Å². The quantitative estimate of drug-likeness (QED) is 0.823. The van der Waals surface area contributed by atoms with Crippen molar-refractivity contribution in [1.29, 1.82) is 0 Å². The molecule has 1 atom stereocenters. The largest absolute Gasteiger partial charge is 0.324 e. The summed E-state index contributed by atoms with van der Waals surface area (Å²) in [6, 6.07) is 15.2. The lowest BCUT2D eigenvalue weighted by Gasteiger charge is -2.15. The van der Waals surface area contributed by atoms with Crippen LogP contribution in [0.1, 0.15) is 18.5 Å². The van der Waals surface area contributed by atoms with Crippen LogP contribution in [0.2, 0.25) is 5.02 Å². The molecular weight excluding hydrogens is 352 g/mol. The molecule has 2 N–H and O–H groups in total. The lowest BCUT2D eigenvalue weighted by atomic mass is 10.1. The molecule has 0 heterocycles. The first-order valence-corrected chi connectivity index (χ1v) is 7.77. The Morgan fingerprint density at radius 2 is 1.86 bits per heavy atom. The normalized spacial score (nSPS) is 12.0. The van der Waals surface area contributed by atoms with Gasteiger partial charge in [-0.3, -0.25) is 4.79 Å². The number of halogens is 2. The Hall–Kier alpha value is -1.36. The van der Waals surface area contributed by atoms with Gasteiger partial charge in [0.2, 0.25) is 5.91 Å². The molecule has 0 saturated carbocycles. The third-order valence-electron chi connectivity index (χ3n) is 3.09. The molecule has 0 bridgehead atoms. The second-order valence-corrected chi connectivity index (χ2v) is 5.91. The highest BCUT2D eigenvalue weighted by Crippen LogP contribution is 2.23. The van der Waals surface area contributed by atoms with Crippen molar-refractivity contribution in [2.24, 2.45) is 0 Å². The Morgan fingerprint density at radius 3 is 2.57 bits per heavy atom. The number of carbonyl (C=O) groups is 1. The van der Waals surface area contributed by atoms with Gasteiger partial charge in [-0.2, -0.15) is 0 Å². The molecule has 2 aromatic rings. The molecule has 3 nitrogen and oxygen atoms in total. The molecule has 0 aliphatic heterocycles. The summed E-state index contributed by atoms with van der Waals surface area (Å²) in [6.45, 7) is 2.23. The van der Waals surface area contributed by atoms with Gasteiger partial charge in [-0.05, 0) is 30.7 Å². The molecular formula is C16H16BrClN2O. The molecule has 0 spiro atoms. The van der Waals surface area contributed by atoms with Gasteiger partial charge in [0.1, 0.15) is 0 Å². The molecule has 0 saturated heterocycles. The molecule has 0 unspecified atom stereocenters. The standard InChI is InChI=1S/C16H16BrClN2O/c1-11(12-6-2-3-7-13(12)17)19-10-16(21)20-15-9-5-4-8-14(15)18/h2-9,11,19H,10H2,1H3,(H,20,21)/t11-/m0/s1. The van der Waals surface area contributed by atoms with E-state index in [1.54, 1.807) is 12.1 Å². The minimum Gasteiger partial charge on any atom is -0.324 e. The van der Waals surface area contributed by atoms with Gasteiger partial charge in [0.25, 0.3) is 0 Å². The average molecular weight is 368 g/mol. The molecule has 5 heteroatoms. The van der Waals surface area contributed by atoms with Gasteiger partial charge in [-0.1, -0.05) is 57.9 Å². The monoisotopic (exact) mass is 366 g/mol. The van der Waals surface area contributed by atoms with E-state index in [2.05, 4.69) is 26.6 Å². The summed E-state index contributed by atoms with van der Waals surface area (Å²) < 4.78 is 1.02. The Bertz CT molecular complexity index is 633. The van der Waals surface area contributed by atoms with Crippen molar-refractivity contribution in [3.63, 3.8) is 0 Å². The molecule has 0 radical (unpaired) electrons. The smallest absolute Gasteiger partial charge is 0.238 e. The first kappa shape index (κ1) is 16.0. The molecule has 2 rings (SSSR count). The van der Waals surface area contributed by atoms with Crippen LogP contribution in [-0.4, -0.2) is 12.5 Å². The van der Waals surface area contributed by atoms with E-state index < -0.39 is 0 Å². The molecule has 21 heavy (non-hydrogen) atoms. The predicted octanol–water partition coefficient (Wildman–Crippen LogP) is 4.39. The third kappa shape index (κ3) is 4.56. The number of amides is 1. The summed E-state index contributed by atoms with van der Waals surface area (Å²) in [7, 11) is 0. The maximum Gasteiger partial charge on any atom is 0.238 e. The highest BCUT2D eigenvalue weighted by Gasteiger charge is 2.11. The fourth-order valence-electron chi connectivity index (χ4n) is 1.94. The topological polar surface area (TPSA) is 41.1 Å². The summed E-state index contributed by atoms with van der Waals surface area (Å²) in [5.41, 5.74) is 1.74. The maximum atomic E-state index is 11.9. The average Bonchev–Trinajstić information content (AvgIpc) is 2.48. The number of nitrogens with one attached hydrogen (secondary N) is 2. The van der Waals surface area contributed by atoms with Crippen LogP contribution in [0.5, 0.6) is 0 Å². The van der Waals surface area contributed by atoms with E-state index in [-0.39, 0.29) is 18.5 Å². The summed E-state index contributed by atoms with van der Waals surface area (Å²) in [5.74, 6) is -0.123. The Labute approximate surface area is 137 Å². The fraction of sp³-hybridized carbons (Fsp3) is 0.188. The second kappa shape index (κ2) is 7.59. The zero-order valence-corrected chi connectivity index (χ0v) is 13.9. The minimum atomic E-state index is -0.123. The van der Waals surface area contributed by atoms with Crippen LogP contribution in [0.3, 0.4) is 0 Å². The van der Waals surface area contributed by atoms with E-state index in [0.29, 0.717) is 10.7 Å². The highest BCUT2D eigenvalue weighted by atomic mass is 79.9. The van der Waals surface area contributed by atoms with Crippen LogP contribution < -0.4 is 10.6 Å². The molecule has 0 aromatic heterocycles. The van der Waals surface area contributed by atoms with Gasteiger partial charge in [0.15, 0.2) is 0 Å². The van der Waals surface area contributed by atoms with Crippen LogP contribution >= 0.6 is 27.5 Å². The summed E-state index contributed by atoms with van der Waals surface area (Å²) in [4.78, 5) is 11.9.